The molecular weight excluding hydrogens is 272 g/mol. The average molecular weight is 289 g/mol. The quantitative estimate of drug-likeness (QED) is 0.932. The highest BCUT2D eigenvalue weighted by Crippen LogP contribution is 2.33. The monoisotopic (exact) mass is 289 g/mol. The molecule has 0 aliphatic carbocycles. The predicted octanol–water partition coefficient (Wildman–Crippen LogP) is 3.60. The van der Waals surface area contributed by atoms with Crippen LogP contribution in [0.4, 0.5) is 8.78 Å². The Kier molecular flexibility index (Phi) is 3.64. The summed E-state index contributed by atoms with van der Waals surface area (Å²) >= 11 is 0. The highest BCUT2D eigenvalue weighted by Gasteiger charge is 2.21. The van der Waals surface area contributed by atoms with Gasteiger partial charge in [-0.2, -0.15) is 0 Å². The van der Waals surface area contributed by atoms with Crippen molar-refractivity contribution in [1.82, 2.24) is 5.32 Å². The van der Waals surface area contributed by atoms with E-state index in [1.165, 1.54) is 12.1 Å². The van der Waals surface area contributed by atoms with Gasteiger partial charge in [-0.3, -0.25) is 0 Å². The van der Waals surface area contributed by atoms with Gasteiger partial charge in [0, 0.05) is 12.5 Å². The van der Waals surface area contributed by atoms with Crippen LogP contribution in [0.25, 0.3) is 0 Å². The molecule has 1 aliphatic rings. The summed E-state index contributed by atoms with van der Waals surface area (Å²) in [4.78, 5) is 0. The Morgan fingerprint density at radius 2 is 1.81 bits per heavy atom. The molecule has 0 amide bonds. The number of benzene rings is 2. The SMILES string of the molecule is CNC(c1cc(F)cc(F)c1)c1ccc2c(c1)CC(C)O2. The Morgan fingerprint density at radius 3 is 2.48 bits per heavy atom. The molecule has 0 radical (unpaired) electrons. The fourth-order valence-corrected chi connectivity index (χ4v) is 2.89. The van der Waals surface area contributed by atoms with E-state index in [0.717, 1.165) is 29.4 Å². The lowest BCUT2D eigenvalue weighted by Crippen LogP contribution is -2.18. The summed E-state index contributed by atoms with van der Waals surface area (Å²) in [7, 11) is 1.78. The molecule has 110 valence electrons. The molecule has 0 fully saturated rings. The van der Waals surface area contributed by atoms with E-state index >= 15 is 0 Å². The summed E-state index contributed by atoms with van der Waals surface area (Å²) in [5.41, 5.74) is 2.68. The Morgan fingerprint density at radius 1 is 1.10 bits per heavy atom. The molecule has 0 saturated carbocycles. The number of ether oxygens (including phenoxy) is 1. The predicted molar refractivity (Wildman–Crippen MR) is 77.5 cm³/mol. The van der Waals surface area contributed by atoms with Gasteiger partial charge in [0.15, 0.2) is 0 Å². The highest BCUT2D eigenvalue weighted by atomic mass is 19.1. The zero-order chi connectivity index (χ0) is 15.0. The van der Waals surface area contributed by atoms with Crippen LogP contribution >= 0.6 is 0 Å². The van der Waals surface area contributed by atoms with Crippen LogP contribution in [0.5, 0.6) is 5.75 Å². The summed E-state index contributed by atoms with van der Waals surface area (Å²) in [6.07, 6.45) is 1.03. The smallest absolute Gasteiger partial charge is 0.126 e. The first-order chi connectivity index (χ1) is 10.1. The Hall–Kier alpha value is -1.94. The summed E-state index contributed by atoms with van der Waals surface area (Å²) in [5.74, 6) is -0.238. The maximum Gasteiger partial charge on any atom is 0.126 e. The fourth-order valence-electron chi connectivity index (χ4n) is 2.89. The fraction of sp³-hybridized carbons (Fsp3) is 0.294. The Labute approximate surface area is 122 Å². The van der Waals surface area contributed by atoms with Gasteiger partial charge in [0.2, 0.25) is 0 Å². The van der Waals surface area contributed by atoms with Gasteiger partial charge in [0.05, 0.1) is 6.04 Å². The third-order valence-electron chi connectivity index (χ3n) is 3.76. The summed E-state index contributed by atoms with van der Waals surface area (Å²) in [6.45, 7) is 2.02. The zero-order valence-corrected chi connectivity index (χ0v) is 12.0. The second-order valence-electron chi connectivity index (χ2n) is 5.42. The largest absolute Gasteiger partial charge is 0.490 e. The van der Waals surface area contributed by atoms with Crippen molar-refractivity contribution in [3.8, 4) is 5.75 Å². The highest BCUT2D eigenvalue weighted by molar-refractivity contribution is 5.44. The van der Waals surface area contributed by atoms with E-state index in [-0.39, 0.29) is 12.1 Å². The molecule has 0 saturated heterocycles. The summed E-state index contributed by atoms with van der Waals surface area (Å²) in [5, 5.41) is 3.12. The molecule has 21 heavy (non-hydrogen) atoms. The molecule has 0 aromatic heterocycles. The molecule has 0 spiro atoms. The van der Waals surface area contributed by atoms with Gasteiger partial charge < -0.3 is 10.1 Å². The van der Waals surface area contributed by atoms with Gasteiger partial charge in [0.1, 0.15) is 23.5 Å². The molecule has 4 heteroatoms. The number of halogens is 2. The number of rotatable bonds is 3. The van der Waals surface area contributed by atoms with E-state index in [2.05, 4.69) is 5.32 Å². The van der Waals surface area contributed by atoms with Gasteiger partial charge in [-0.25, -0.2) is 8.78 Å². The average Bonchev–Trinajstić information content (AvgIpc) is 2.78. The van der Waals surface area contributed by atoms with Gasteiger partial charge in [-0.15, -0.1) is 0 Å². The van der Waals surface area contributed by atoms with Gasteiger partial charge in [0.25, 0.3) is 0 Å². The lowest BCUT2D eigenvalue weighted by atomic mass is 9.96. The Balaban J connectivity index is 1.99. The summed E-state index contributed by atoms with van der Waals surface area (Å²) < 4.78 is 32.5. The molecule has 0 bridgehead atoms. The van der Waals surface area contributed by atoms with Gasteiger partial charge in [-0.05, 0) is 48.9 Å². The van der Waals surface area contributed by atoms with Crippen LogP contribution in [0.3, 0.4) is 0 Å². The molecule has 2 unspecified atom stereocenters. The second-order valence-corrected chi connectivity index (χ2v) is 5.42. The molecule has 2 aromatic carbocycles. The van der Waals surface area contributed by atoms with Gasteiger partial charge >= 0.3 is 0 Å². The molecule has 3 rings (SSSR count). The van der Waals surface area contributed by atoms with Crippen molar-refractivity contribution in [3.63, 3.8) is 0 Å². The lowest BCUT2D eigenvalue weighted by Gasteiger charge is -2.18. The van der Waals surface area contributed by atoms with Crippen molar-refractivity contribution in [3.05, 3.63) is 64.7 Å². The number of fused-ring (bicyclic) bond motifs is 1. The van der Waals surface area contributed by atoms with E-state index in [9.17, 15) is 8.78 Å². The van der Waals surface area contributed by atoms with Crippen molar-refractivity contribution >= 4 is 0 Å². The number of hydrogen-bond donors (Lipinski definition) is 1. The first-order valence-electron chi connectivity index (χ1n) is 6.99. The molecule has 1 heterocycles. The van der Waals surface area contributed by atoms with Crippen molar-refractivity contribution in [1.29, 1.82) is 0 Å². The van der Waals surface area contributed by atoms with Crippen LogP contribution < -0.4 is 10.1 Å². The van der Waals surface area contributed by atoms with Crippen LogP contribution in [-0.4, -0.2) is 13.2 Å². The van der Waals surface area contributed by atoms with Gasteiger partial charge in [-0.1, -0.05) is 12.1 Å². The maximum absolute atomic E-state index is 13.4. The topological polar surface area (TPSA) is 21.3 Å². The van der Waals surface area contributed by atoms with Crippen molar-refractivity contribution in [2.75, 3.05) is 7.05 Å². The lowest BCUT2D eigenvalue weighted by molar-refractivity contribution is 0.254. The molecule has 1 aliphatic heterocycles. The summed E-state index contributed by atoms with van der Waals surface area (Å²) in [6, 6.07) is 9.25. The van der Waals surface area contributed by atoms with E-state index in [1.807, 2.05) is 25.1 Å². The van der Waals surface area contributed by atoms with Crippen molar-refractivity contribution in [2.24, 2.45) is 0 Å². The molecule has 1 N–H and O–H groups in total. The van der Waals surface area contributed by atoms with Crippen LogP contribution in [0.15, 0.2) is 36.4 Å². The maximum atomic E-state index is 13.4. The molecule has 2 nitrogen and oxygen atoms in total. The number of nitrogens with one attached hydrogen (secondary N) is 1. The zero-order valence-electron chi connectivity index (χ0n) is 12.0. The minimum atomic E-state index is -0.566. The third kappa shape index (κ3) is 2.76. The van der Waals surface area contributed by atoms with E-state index in [1.54, 1.807) is 7.05 Å². The second kappa shape index (κ2) is 5.45. The third-order valence-corrected chi connectivity index (χ3v) is 3.76. The minimum absolute atomic E-state index is 0.176. The normalized spacial score (nSPS) is 18.2. The Bertz CT molecular complexity index is 652. The van der Waals surface area contributed by atoms with Crippen LogP contribution in [0, 0.1) is 11.6 Å². The standard InChI is InChI=1S/C17H17F2NO/c1-10-5-12-6-11(3-4-16(12)21-10)17(20-2)13-7-14(18)9-15(19)8-13/h3-4,6-10,17,20H,5H2,1-2H3. The minimum Gasteiger partial charge on any atom is -0.490 e. The van der Waals surface area contributed by atoms with Crippen LogP contribution in [-0.2, 0) is 6.42 Å². The molecule has 2 atom stereocenters. The van der Waals surface area contributed by atoms with E-state index in [0.29, 0.717) is 5.56 Å². The number of hydrogen-bond acceptors (Lipinski definition) is 2. The first-order valence-corrected chi connectivity index (χ1v) is 6.99. The van der Waals surface area contributed by atoms with E-state index < -0.39 is 11.6 Å². The molecule has 2 aromatic rings. The van der Waals surface area contributed by atoms with Crippen molar-refractivity contribution in [2.45, 2.75) is 25.5 Å². The van der Waals surface area contributed by atoms with Crippen molar-refractivity contribution < 1.29 is 13.5 Å². The van der Waals surface area contributed by atoms with Crippen LogP contribution in [0.1, 0.15) is 29.7 Å². The molecular formula is C17H17F2NO. The van der Waals surface area contributed by atoms with Crippen LogP contribution in [0.2, 0.25) is 0 Å². The first kappa shape index (κ1) is 14.0. The van der Waals surface area contributed by atoms with E-state index in [4.69, 9.17) is 4.74 Å².